The Balaban J connectivity index is 2.23. The van der Waals surface area contributed by atoms with Crippen LogP contribution in [-0.2, 0) is 15.8 Å². The molecule has 7 heteroatoms. The fourth-order valence-corrected chi connectivity index (χ4v) is 3.54. The van der Waals surface area contributed by atoms with Crippen molar-refractivity contribution in [3.63, 3.8) is 0 Å². The summed E-state index contributed by atoms with van der Waals surface area (Å²) >= 11 is 0. The van der Waals surface area contributed by atoms with E-state index in [2.05, 4.69) is 5.32 Å². The summed E-state index contributed by atoms with van der Waals surface area (Å²) in [4.78, 5) is 26.6. The van der Waals surface area contributed by atoms with Crippen LogP contribution in [0.15, 0.2) is 18.2 Å². The highest BCUT2D eigenvalue weighted by Crippen LogP contribution is 2.38. The van der Waals surface area contributed by atoms with E-state index in [0.717, 1.165) is 18.6 Å². The largest absolute Gasteiger partial charge is 0.416 e. The van der Waals surface area contributed by atoms with Crippen molar-refractivity contribution in [3.05, 3.63) is 29.3 Å². The van der Waals surface area contributed by atoms with Gasteiger partial charge >= 0.3 is 6.18 Å². The number of nitrogens with zero attached hydrogens (tertiary/aromatic N) is 1. The molecule has 1 heterocycles. The maximum atomic E-state index is 13.2. The van der Waals surface area contributed by atoms with Gasteiger partial charge in [0.2, 0.25) is 11.8 Å². The SMILES string of the molecule is CC[C@H](C)C(=O)Nc1cc(C(F)(F)F)ccc1C1CCN(C(=O)[C@@H](C)CC)CC1. The van der Waals surface area contributed by atoms with Crippen LogP contribution in [0.1, 0.15) is 70.4 Å². The zero-order chi connectivity index (χ0) is 21.8. The zero-order valence-corrected chi connectivity index (χ0v) is 17.6. The first-order chi connectivity index (χ1) is 13.6. The number of halogens is 3. The molecule has 0 aromatic heterocycles. The van der Waals surface area contributed by atoms with E-state index in [1.807, 2.05) is 25.7 Å². The second kappa shape index (κ2) is 9.63. The Bertz CT molecular complexity index is 725. The predicted octanol–water partition coefficient (Wildman–Crippen LogP) is 5.44. The summed E-state index contributed by atoms with van der Waals surface area (Å²) in [6.07, 6.45) is -1.75. The molecule has 1 saturated heterocycles. The van der Waals surface area contributed by atoms with E-state index in [1.54, 1.807) is 6.92 Å². The lowest BCUT2D eigenvalue weighted by Crippen LogP contribution is -2.40. The minimum atomic E-state index is -4.47. The van der Waals surface area contributed by atoms with Crippen molar-refractivity contribution in [3.8, 4) is 0 Å². The van der Waals surface area contributed by atoms with Crippen molar-refractivity contribution < 1.29 is 22.8 Å². The number of hydrogen-bond acceptors (Lipinski definition) is 2. The first kappa shape index (κ1) is 23.2. The molecule has 1 aliphatic heterocycles. The van der Waals surface area contributed by atoms with Crippen LogP contribution in [0.3, 0.4) is 0 Å². The van der Waals surface area contributed by atoms with Gasteiger partial charge in [-0.25, -0.2) is 0 Å². The molecule has 2 amide bonds. The maximum absolute atomic E-state index is 13.2. The van der Waals surface area contributed by atoms with E-state index >= 15 is 0 Å². The average molecular weight is 412 g/mol. The van der Waals surface area contributed by atoms with Crippen molar-refractivity contribution in [2.45, 2.75) is 65.5 Å². The fraction of sp³-hybridized carbons (Fsp3) is 0.636. The Kier molecular flexibility index (Phi) is 7.72. The van der Waals surface area contributed by atoms with Gasteiger partial charge in [-0.3, -0.25) is 9.59 Å². The monoisotopic (exact) mass is 412 g/mol. The number of amides is 2. The van der Waals surface area contributed by atoms with Gasteiger partial charge in [-0.1, -0.05) is 33.8 Å². The Morgan fingerprint density at radius 2 is 1.69 bits per heavy atom. The molecule has 0 spiro atoms. The van der Waals surface area contributed by atoms with E-state index in [1.165, 1.54) is 6.07 Å². The molecule has 0 aliphatic carbocycles. The fourth-order valence-electron chi connectivity index (χ4n) is 3.54. The minimum absolute atomic E-state index is 0.00509. The van der Waals surface area contributed by atoms with E-state index in [-0.39, 0.29) is 35.3 Å². The summed E-state index contributed by atoms with van der Waals surface area (Å²) in [5.41, 5.74) is 0.173. The molecular formula is C22H31F3N2O2. The van der Waals surface area contributed by atoms with Gasteiger partial charge in [-0.05, 0) is 49.3 Å². The topological polar surface area (TPSA) is 49.4 Å². The molecule has 1 aliphatic rings. The summed E-state index contributed by atoms with van der Waals surface area (Å²) in [6, 6.07) is 3.59. The number of anilines is 1. The molecule has 0 bridgehead atoms. The van der Waals surface area contributed by atoms with Crippen molar-refractivity contribution >= 4 is 17.5 Å². The molecule has 4 nitrogen and oxygen atoms in total. The van der Waals surface area contributed by atoms with Crippen LogP contribution >= 0.6 is 0 Å². The van der Waals surface area contributed by atoms with Crippen LogP contribution in [0.5, 0.6) is 0 Å². The summed E-state index contributed by atoms with van der Waals surface area (Å²) in [5.74, 6) is -0.456. The highest BCUT2D eigenvalue weighted by molar-refractivity contribution is 5.93. The van der Waals surface area contributed by atoms with Gasteiger partial charge < -0.3 is 10.2 Å². The zero-order valence-electron chi connectivity index (χ0n) is 17.6. The Hall–Kier alpha value is -2.05. The Morgan fingerprint density at radius 1 is 1.10 bits per heavy atom. The number of benzene rings is 1. The minimum Gasteiger partial charge on any atom is -0.342 e. The molecular weight excluding hydrogens is 381 g/mol. The van der Waals surface area contributed by atoms with Gasteiger partial charge in [-0.15, -0.1) is 0 Å². The number of carbonyl (C=O) groups excluding carboxylic acids is 2. The first-order valence-electron chi connectivity index (χ1n) is 10.4. The number of rotatable bonds is 6. The smallest absolute Gasteiger partial charge is 0.342 e. The average Bonchev–Trinajstić information content (AvgIpc) is 2.71. The molecule has 2 atom stereocenters. The third-order valence-corrected chi connectivity index (χ3v) is 5.98. The summed E-state index contributed by atoms with van der Waals surface area (Å²) in [7, 11) is 0. The molecule has 29 heavy (non-hydrogen) atoms. The highest BCUT2D eigenvalue weighted by Gasteiger charge is 2.33. The van der Waals surface area contributed by atoms with Crippen molar-refractivity contribution in [2.75, 3.05) is 18.4 Å². The molecule has 0 saturated carbocycles. The van der Waals surface area contributed by atoms with Gasteiger partial charge in [0.05, 0.1) is 5.56 Å². The Labute approximate surface area is 170 Å². The van der Waals surface area contributed by atoms with Gasteiger partial charge in [0.1, 0.15) is 0 Å². The molecule has 162 valence electrons. The van der Waals surface area contributed by atoms with Gasteiger partial charge in [0.15, 0.2) is 0 Å². The molecule has 0 radical (unpaired) electrons. The van der Waals surface area contributed by atoms with Crippen LogP contribution in [-0.4, -0.2) is 29.8 Å². The van der Waals surface area contributed by atoms with E-state index < -0.39 is 11.7 Å². The van der Waals surface area contributed by atoms with Crippen molar-refractivity contribution in [1.82, 2.24) is 4.90 Å². The number of hydrogen-bond donors (Lipinski definition) is 1. The number of carbonyl (C=O) groups is 2. The molecule has 1 aromatic rings. The second-order valence-corrected chi connectivity index (χ2v) is 8.01. The van der Waals surface area contributed by atoms with Gasteiger partial charge in [0, 0.05) is 30.6 Å². The van der Waals surface area contributed by atoms with Gasteiger partial charge in [0.25, 0.3) is 0 Å². The molecule has 1 N–H and O–H groups in total. The van der Waals surface area contributed by atoms with Crippen molar-refractivity contribution in [2.24, 2.45) is 11.8 Å². The normalized spacial score (nSPS) is 17.7. The van der Waals surface area contributed by atoms with Crippen LogP contribution in [0.2, 0.25) is 0 Å². The van der Waals surface area contributed by atoms with Crippen LogP contribution < -0.4 is 5.32 Å². The van der Waals surface area contributed by atoms with Crippen LogP contribution in [0, 0.1) is 11.8 Å². The van der Waals surface area contributed by atoms with Gasteiger partial charge in [-0.2, -0.15) is 13.2 Å². The van der Waals surface area contributed by atoms with E-state index in [9.17, 15) is 22.8 Å². The summed E-state index contributed by atoms with van der Waals surface area (Å²) < 4.78 is 39.6. The number of likely N-dealkylation sites (tertiary alicyclic amines) is 1. The second-order valence-electron chi connectivity index (χ2n) is 8.01. The highest BCUT2D eigenvalue weighted by atomic mass is 19.4. The lowest BCUT2D eigenvalue weighted by molar-refractivity contribution is -0.138. The van der Waals surface area contributed by atoms with E-state index in [0.29, 0.717) is 37.9 Å². The quantitative estimate of drug-likeness (QED) is 0.676. The maximum Gasteiger partial charge on any atom is 0.416 e. The lowest BCUT2D eigenvalue weighted by atomic mass is 9.87. The van der Waals surface area contributed by atoms with E-state index in [4.69, 9.17) is 0 Å². The standard InChI is InChI=1S/C22H31F3N2O2/c1-5-14(3)20(28)26-19-13-17(22(23,24)25)7-8-18(19)16-9-11-27(12-10-16)21(29)15(4)6-2/h7-8,13-16H,5-6,9-12H2,1-4H3,(H,26,28)/t14-,15-/m0/s1. The third kappa shape index (κ3) is 5.73. The number of alkyl halides is 3. The predicted molar refractivity (Wildman–Crippen MR) is 108 cm³/mol. The number of piperidine rings is 1. The molecule has 1 aromatic carbocycles. The summed E-state index contributed by atoms with van der Waals surface area (Å²) in [6.45, 7) is 8.65. The first-order valence-corrected chi connectivity index (χ1v) is 10.4. The molecule has 0 unspecified atom stereocenters. The Morgan fingerprint density at radius 3 is 2.21 bits per heavy atom. The number of nitrogens with one attached hydrogen (secondary N) is 1. The lowest BCUT2D eigenvalue weighted by Gasteiger charge is -2.34. The van der Waals surface area contributed by atoms with Crippen molar-refractivity contribution in [1.29, 1.82) is 0 Å². The molecule has 1 fully saturated rings. The summed E-state index contributed by atoms with van der Waals surface area (Å²) in [5, 5.41) is 2.71. The van der Waals surface area contributed by atoms with Crippen LogP contribution in [0.25, 0.3) is 0 Å². The van der Waals surface area contributed by atoms with Crippen LogP contribution in [0.4, 0.5) is 18.9 Å². The molecule has 2 rings (SSSR count). The third-order valence-electron chi connectivity index (χ3n) is 5.98.